The van der Waals surface area contributed by atoms with Crippen molar-refractivity contribution in [2.24, 2.45) is 5.73 Å². The van der Waals surface area contributed by atoms with E-state index >= 15 is 0 Å². The van der Waals surface area contributed by atoms with Crippen LogP contribution >= 0.6 is 24.2 Å². The van der Waals surface area contributed by atoms with Crippen LogP contribution in [0.5, 0.6) is 0 Å². The lowest BCUT2D eigenvalue weighted by Crippen LogP contribution is -2.06. The molecule has 1 rings (SSSR count). The summed E-state index contributed by atoms with van der Waals surface area (Å²) in [5.41, 5.74) is 5.72. The quantitative estimate of drug-likeness (QED) is 0.775. The van der Waals surface area contributed by atoms with E-state index in [4.69, 9.17) is 10.2 Å². The highest BCUT2D eigenvalue weighted by atomic mass is 35.5. The van der Waals surface area contributed by atoms with E-state index in [0.29, 0.717) is 5.22 Å². The van der Waals surface area contributed by atoms with Gasteiger partial charge < -0.3 is 10.2 Å². The molecule has 0 unspecified atom stereocenters. The van der Waals surface area contributed by atoms with E-state index < -0.39 is 0 Å². The Bertz CT molecular complexity index is 229. The molecule has 0 fully saturated rings. The molecule has 0 radical (unpaired) electrons. The lowest BCUT2D eigenvalue weighted by molar-refractivity contribution is 0.388. The Labute approximate surface area is 82.5 Å². The molecule has 0 aliphatic heterocycles. The molecule has 0 saturated heterocycles. The fourth-order valence-corrected chi connectivity index (χ4v) is 1.07. The Morgan fingerprint density at radius 2 is 2.42 bits per heavy atom. The minimum atomic E-state index is -0.0107. The van der Waals surface area contributed by atoms with E-state index in [-0.39, 0.29) is 18.4 Å². The topological polar surface area (TPSA) is 52.0 Å². The minimum absolute atomic E-state index is 0. The number of oxazole rings is 1. The minimum Gasteiger partial charge on any atom is -0.435 e. The van der Waals surface area contributed by atoms with Gasteiger partial charge in [0.25, 0.3) is 5.22 Å². The summed E-state index contributed by atoms with van der Waals surface area (Å²) >= 11 is 1.48. The molecule has 0 amide bonds. The van der Waals surface area contributed by atoms with Gasteiger partial charge in [-0.15, -0.1) is 12.4 Å². The fraction of sp³-hybridized carbons (Fsp3) is 0.571. The third-order valence-corrected chi connectivity index (χ3v) is 2.02. The van der Waals surface area contributed by atoms with Crippen LogP contribution in [0.15, 0.2) is 15.8 Å². The molecule has 1 atom stereocenters. The first-order valence-electron chi connectivity index (χ1n) is 3.53. The normalized spacial score (nSPS) is 12.2. The van der Waals surface area contributed by atoms with Crippen molar-refractivity contribution < 1.29 is 4.42 Å². The lowest BCUT2D eigenvalue weighted by atomic mass is 10.2. The van der Waals surface area contributed by atoms with Gasteiger partial charge in [-0.1, -0.05) is 18.7 Å². The van der Waals surface area contributed by atoms with Crippen LogP contribution < -0.4 is 5.73 Å². The summed E-state index contributed by atoms with van der Waals surface area (Å²) in [6.07, 6.45) is 4.50. The van der Waals surface area contributed by atoms with E-state index in [2.05, 4.69) is 4.98 Å². The van der Waals surface area contributed by atoms with Crippen LogP contribution in [0.2, 0.25) is 0 Å². The molecule has 0 spiro atoms. The van der Waals surface area contributed by atoms with Gasteiger partial charge in [-0.2, -0.15) is 0 Å². The van der Waals surface area contributed by atoms with E-state index in [9.17, 15) is 0 Å². The van der Waals surface area contributed by atoms with Crippen molar-refractivity contribution in [1.82, 2.24) is 4.98 Å². The second kappa shape index (κ2) is 5.45. The predicted molar refractivity (Wildman–Crippen MR) is 52.8 cm³/mol. The average molecular weight is 209 g/mol. The Hall–Kier alpha value is -0.190. The van der Waals surface area contributed by atoms with Crippen LogP contribution in [0.25, 0.3) is 0 Å². The lowest BCUT2D eigenvalue weighted by Gasteiger charge is -2.01. The number of halogens is 1. The molecule has 1 aromatic heterocycles. The van der Waals surface area contributed by atoms with Crippen molar-refractivity contribution in [2.45, 2.75) is 24.6 Å². The number of rotatable bonds is 3. The number of nitrogens with two attached hydrogens (primary N) is 1. The highest BCUT2D eigenvalue weighted by Crippen LogP contribution is 2.19. The van der Waals surface area contributed by atoms with E-state index in [1.54, 1.807) is 6.20 Å². The molecule has 0 aliphatic carbocycles. The standard InChI is InChI=1S/C7H12N2OS.ClH/c1-3-5(8)6-4-9-7(10-6)11-2;/h4-5H,3,8H2,1-2H3;1H/t5-;/m0./s1. The van der Waals surface area contributed by atoms with Gasteiger partial charge in [0.2, 0.25) is 0 Å². The van der Waals surface area contributed by atoms with E-state index in [1.807, 2.05) is 13.2 Å². The van der Waals surface area contributed by atoms with Crippen LogP contribution in [-0.4, -0.2) is 11.2 Å². The number of hydrogen-bond donors (Lipinski definition) is 1. The molecule has 2 N–H and O–H groups in total. The van der Waals surface area contributed by atoms with E-state index in [1.165, 1.54) is 11.8 Å². The maximum Gasteiger partial charge on any atom is 0.255 e. The van der Waals surface area contributed by atoms with Gasteiger partial charge in [0.05, 0.1) is 12.2 Å². The third-order valence-electron chi connectivity index (χ3n) is 1.48. The Balaban J connectivity index is 0.00000121. The summed E-state index contributed by atoms with van der Waals surface area (Å²) < 4.78 is 5.31. The molecule has 0 saturated carbocycles. The molecule has 70 valence electrons. The first-order chi connectivity index (χ1) is 5.27. The fourth-order valence-electron chi connectivity index (χ4n) is 0.737. The van der Waals surface area contributed by atoms with Crippen molar-refractivity contribution in [2.75, 3.05) is 6.26 Å². The van der Waals surface area contributed by atoms with Crippen LogP contribution in [0, 0.1) is 0 Å². The SMILES string of the molecule is CC[C@H](N)c1cnc(SC)o1.Cl. The van der Waals surface area contributed by atoms with Gasteiger partial charge in [-0.05, 0) is 12.7 Å². The van der Waals surface area contributed by atoms with Gasteiger partial charge in [-0.3, -0.25) is 0 Å². The van der Waals surface area contributed by atoms with Crippen molar-refractivity contribution in [3.63, 3.8) is 0 Å². The maximum absolute atomic E-state index is 5.72. The number of hydrogen-bond acceptors (Lipinski definition) is 4. The zero-order valence-corrected chi connectivity index (χ0v) is 8.74. The first kappa shape index (κ1) is 11.8. The smallest absolute Gasteiger partial charge is 0.255 e. The highest BCUT2D eigenvalue weighted by Gasteiger charge is 2.08. The highest BCUT2D eigenvalue weighted by molar-refractivity contribution is 7.98. The number of thioether (sulfide) groups is 1. The summed E-state index contributed by atoms with van der Waals surface area (Å²) in [7, 11) is 0. The molecule has 12 heavy (non-hydrogen) atoms. The second-order valence-electron chi connectivity index (χ2n) is 2.25. The van der Waals surface area contributed by atoms with Gasteiger partial charge in [0.1, 0.15) is 5.76 Å². The first-order valence-corrected chi connectivity index (χ1v) is 4.75. The monoisotopic (exact) mass is 208 g/mol. The van der Waals surface area contributed by atoms with Crippen molar-refractivity contribution in [3.8, 4) is 0 Å². The molecule has 0 bridgehead atoms. The van der Waals surface area contributed by atoms with E-state index in [0.717, 1.165) is 12.2 Å². The van der Waals surface area contributed by atoms with Crippen molar-refractivity contribution in [3.05, 3.63) is 12.0 Å². The summed E-state index contributed by atoms with van der Waals surface area (Å²) in [5.74, 6) is 0.775. The molecular formula is C7H13ClN2OS. The zero-order valence-electron chi connectivity index (χ0n) is 7.11. The maximum atomic E-state index is 5.72. The van der Waals surface area contributed by atoms with Crippen LogP contribution in [-0.2, 0) is 0 Å². The molecule has 1 heterocycles. The predicted octanol–water partition coefficient (Wildman–Crippen LogP) is 2.23. The van der Waals surface area contributed by atoms with Crippen LogP contribution in [0.3, 0.4) is 0 Å². The molecule has 3 nitrogen and oxygen atoms in total. The summed E-state index contributed by atoms with van der Waals surface area (Å²) in [5, 5.41) is 0.684. The summed E-state index contributed by atoms with van der Waals surface area (Å²) in [6.45, 7) is 2.02. The molecular weight excluding hydrogens is 196 g/mol. The molecule has 5 heteroatoms. The Morgan fingerprint density at radius 3 is 2.83 bits per heavy atom. The number of aromatic nitrogens is 1. The van der Waals surface area contributed by atoms with Crippen LogP contribution in [0.1, 0.15) is 25.1 Å². The Morgan fingerprint density at radius 1 is 1.75 bits per heavy atom. The van der Waals surface area contributed by atoms with Gasteiger partial charge in [-0.25, -0.2) is 4.98 Å². The third kappa shape index (κ3) is 2.69. The largest absolute Gasteiger partial charge is 0.435 e. The average Bonchev–Trinajstić information content (AvgIpc) is 2.50. The Kier molecular flexibility index (Phi) is 5.37. The zero-order chi connectivity index (χ0) is 8.27. The van der Waals surface area contributed by atoms with Crippen molar-refractivity contribution >= 4 is 24.2 Å². The van der Waals surface area contributed by atoms with Gasteiger partial charge in [0.15, 0.2) is 0 Å². The van der Waals surface area contributed by atoms with Gasteiger partial charge in [0, 0.05) is 0 Å². The summed E-state index contributed by atoms with van der Waals surface area (Å²) in [6, 6.07) is -0.0107. The molecule has 1 aromatic rings. The number of nitrogens with zero attached hydrogens (tertiary/aromatic N) is 1. The molecule has 0 aromatic carbocycles. The summed E-state index contributed by atoms with van der Waals surface area (Å²) in [4.78, 5) is 4.02. The second-order valence-corrected chi connectivity index (χ2v) is 3.00. The van der Waals surface area contributed by atoms with Crippen molar-refractivity contribution in [1.29, 1.82) is 0 Å². The van der Waals surface area contributed by atoms with Gasteiger partial charge >= 0.3 is 0 Å². The molecule has 0 aliphatic rings. The van der Waals surface area contributed by atoms with Crippen LogP contribution in [0.4, 0.5) is 0 Å².